The van der Waals surface area contributed by atoms with E-state index < -0.39 is 11.9 Å². The van der Waals surface area contributed by atoms with Gasteiger partial charge in [-0.15, -0.1) is 0 Å². The van der Waals surface area contributed by atoms with Crippen LogP contribution in [0.4, 0.5) is 0 Å². The predicted octanol–water partition coefficient (Wildman–Crippen LogP) is 4.91. The summed E-state index contributed by atoms with van der Waals surface area (Å²) in [6.07, 6.45) is 6.19. The van der Waals surface area contributed by atoms with E-state index in [0.29, 0.717) is 33.8 Å². The van der Waals surface area contributed by atoms with Crippen LogP contribution >= 0.6 is 15.9 Å². The molecular formula is C25H25BrN2O5. The van der Waals surface area contributed by atoms with Gasteiger partial charge in [0.25, 0.3) is 5.91 Å². The van der Waals surface area contributed by atoms with Crippen LogP contribution in [0, 0.1) is 11.3 Å². The molecule has 1 N–H and O–H groups in total. The summed E-state index contributed by atoms with van der Waals surface area (Å²) in [4.78, 5) is 24.2. The highest BCUT2D eigenvalue weighted by atomic mass is 79.9. The van der Waals surface area contributed by atoms with Gasteiger partial charge in [0, 0.05) is 12.6 Å². The predicted molar refractivity (Wildman–Crippen MR) is 130 cm³/mol. The molecular weight excluding hydrogens is 488 g/mol. The topological polar surface area (TPSA) is 97.7 Å². The molecule has 172 valence electrons. The minimum atomic E-state index is -0.558. The summed E-state index contributed by atoms with van der Waals surface area (Å²) >= 11 is 3.41. The molecule has 0 aliphatic heterocycles. The van der Waals surface area contributed by atoms with E-state index in [4.69, 9.17) is 14.2 Å². The smallest absolute Gasteiger partial charge is 0.336 e. The van der Waals surface area contributed by atoms with Crippen molar-refractivity contribution in [2.75, 3.05) is 20.8 Å². The third-order valence-corrected chi connectivity index (χ3v) is 5.05. The minimum absolute atomic E-state index is 0.0138. The molecule has 0 radical (unpaired) electrons. The Balaban J connectivity index is 2.03. The van der Waals surface area contributed by atoms with Gasteiger partial charge in [-0.2, -0.15) is 5.26 Å². The summed E-state index contributed by atoms with van der Waals surface area (Å²) in [5, 5.41) is 12.0. The molecule has 2 aromatic carbocycles. The van der Waals surface area contributed by atoms with Gasteiger partial charge in [0.1, 0.15) is 17.4 Å². The molecule has 0 saturated carbocycles. The van der Waals surface area contributed by atoms with Gasteiger partial charge in [0.2, 0.25) is 0 Å². The molecule has 0 aliphatic carbocycles. The van der Waals surface area contributed by atoms with Crippen LogP contribution in [0.2, 0.25) is 0 Å². The lowest BCUT2D eigenvalue weighted by Gasteiger charge is -2.10. The average molecular weight is 513 g/mol. The molecule has 1 amide bonds. The van der Waals surface area contributed by atoms with E-state index >= 15 is 0 Å². The van der Waals surface area contributed by atoms with E-state index in [1.165, 1.54) is 19.3 Å². The molecule has 0 aliphatic rings. The molecule has 7 nitrogen and oxygen atoms in total. The second-order valence-corrected chi connectivity index (χ2v) is 7.70. The number of nitrogens with zero attached hydrogens (tertiary/aromatic N) is 1. The number of nitriles is 1. The lowest BCUT2D eigenvalue weighted by molar-refractivity contribution is -0.128. The monoisotopic (exact) mass is 512 g/mol. The molecule has 0 spiro atoms. The van der Waals surface area contributed by atoms with Crippen molar-refractivity contribution in [1.29, 1.82) is 5.26 Å². The van der Waals surface area contributed by atoms with Gasteiger partial charge in [-0.25, -0.2) is 4.79 Å². The Morgan fingerprint density at radius 1 is 1.12 bits per heavy atom. The number of carbonyl (C=O) groups is 2. The first-order valence-electron chi connectivity index (χ1n) is 10.2. The van der Waals surface area contributed by atoms with Gasteiger partial charge in [-0.05, 0) is 69.9 Å². The number of halogens is 1. The maximum atomic E-state index is 12.2. The van der Waals surface area contributed by atoms with Gasteiger partial charge < -0.3 is 19.5 Å². The number of nitrogens with one attached hydrogen (secondary N) is 1. The molecule has 0 saturated heterocycles. The standard InChI is InChI=1S/C25H25BrN2O5/c1-4-5-12-28-25(30)19(16-27)13-17-6-9-20(10-7-17)33-23(29)11-8-18-14-21(26)24(32-3)22(15-18)31-2/h6-11,13-15H,4-5,12H2,1-3H3,(H,28,30)/b11-8+,19-13+. The van der Waals surface area contributed by atoms with E-state index in [0.717, 1.165) is 18.4 Å². The van der Waals surface area contributed by atoms with Crippen molar-refractivity contribution in [3.8, 4) is 23.3 Å². The van der Waals surface area contributed by atoms with Gasteiger partial charge in [-0.3, -0.25) is 4.79 Å². The number of unbranched alkanes of at least 4 members (excludes halogenated alkanes) is 1. The van der Waals surface area contributed by atoms with Crippen LogP contribution < -0.4 is 19.5 Å². The number of benzene rings is 2. The zero-order chi connectivity index (χ0) is 24.2. The van der Waals surface area contributed by atoms with Crippen molar-refractivity contribution in [2.45, 2.75) is 19.8 Å². The molecule has 2 rings (SSSR count). The van der Waals surface area contributed by atoms with Gasteiger partial charge in [0.15, 0.2) is 11.5 Å². The summed E-state index contributed by atoms with van der Waals surface area (Å²) in [7, 11) is 3.07. The fourth-order valence-electron chi connectivity index (χ4n) is 2.77. The summed E-state index contributed by atoms with van der Waals surface area (Å²) in [5.74, 6) is 0.454. The summed E-state index contributed by atoms with van der Waals surface area (Å²) in [5.41, 5.74) is 1.38. The Kier molecular flexibility index (Phi) is 10.2. The molecule has 8 heteroatoms. The molecule has 33 heavy (non-hydrogen) atoms. The third-order valence-electron chi connectivity index (χ3n) is 4.46. The SMILES string of the molecule is CCCCNC(=O)/C(C#N)=C/c1ccc(OC(=O)/C=C/c2cc(Br)c(OC)c(OC)c2)cc1. The molecule has 0 bridgehead atoms. The molecule has 0 unspecified atom stereocenters. The van der Waals surface area contributed by atoms with Crippen LogP contribution in [0.15, 0.2) is 52.5 Å². The van der Waals surface area contributed by atoms with Crippen molar-refractivity contribution in [3.05, 3.63) is 63.6 Å². The molecule has 0 atom stereocenters. The van der Waals surface area contributed by atoms with E-state index in [-0.39, 0.29) is 5.57 Å². The fourth-order valence-corrected chi connectivity index (χ4v) is 3.39. The number of esters is 1. The van der Waals surface area contributed by atoms with Crippen LogP contribution in [0.25, 0.3) is 12.2 Å². The van der Waals surface area contributed by atoms with Crippen molar-refractivity contribution < 1.29 is 23.8 Å². The maximum absolute atomic E-state index is 12.2. The first kappa shape index (κ1) is 25.7. The number of carbonyl (C=O) groups excluding carboxylic acids is 2. The molecule has 0 fully saturated rings. The van der Waals surface area contributed by atoms with Gasteiger partial charge in [0.05, 0.1) is 18.7 Å². The fraction of sp³-hybridized carbons (Fsp3) is 0.240. The number of amides is 1. The number of hydrogen-bond donors (Lipinski definition) is 1. The second kappa shape index (κ2) is 13.1. The van der Waals surface area contributed by atoms with Crippen LogP contribution in [0.1, 0.15) is 30.9 Å². The van der Waals surface area contributed by atoms with Crippen LogP contribution in [-0.4, -0.2) is 32.6 Å². The first-order valence-corrected chi connectivity index (χ1v) is 11.0. The largest absolute Gasteiger partial charge is 0.493 e. The van der Waals surface area contributed by atoms with E-state index in [2.05, 4.69) is 21.2 Å². The average Bonchev–Trinajstić information content (AvgIpc) is 2.81. The Labute approximate surface area is 201 Å². The van der Waals surface area contributed by atoms with Crippen molar-refractivity contribution in [2.24, 2.45) is 0 Å². The summed E-state index contributed by atoms with van der Waals surface area (Å²) in [6.45, 7) is 2.55. The Bertz CT molecular complexity index is 1090. The number of methoxy groups -OCH3 is 2. The highest BCUT2D eigenvalue weighted by Crippen LogP contribution is 2.36. The Hall–Kier alpha value is -3.57. The lowest BCUT2D eigenvalue weighted by Crippen LogP contribution is -2.25. The zero-order valence-corrected chi connectivity index (χ0v) is 20.3. The van der Waals surface area contributed by atoms with E-state index in [1.54, 1.807) is 49.6 Å². The van der Waals surface area contributed by atoms with Crippen LogP contribution in [0.5, 0.6) is 17.2 Å². The van der Waals surface area contributed by atoms with Crippen molar-refractivity contribution in [3.63, 3.8) is 0 Å². The zero-order valence-electron chi connectivity index (χ0n) is 18.7. The molecule has 0 aromatic heterocycles. The van der Waals surface area contributed by atoms with Crippen LogP contribution in [-0.2, 0) is 9.59 Å². The van der Waals surface area contributed by atoms with Gasteiger partial charge in [-0.1, -0.05) is 25.5 Å². The summed E-state index contributed by atoms with van der Waals surface area (Å²) < 4.78 is 16.6. The Morgan fingerprint density at radius 2 is 1.85 bits per heavy atom. The van der Waals surface area contributed by atoms with Crippen LogP contribution in [0.3, 0.4) is 0 Å². The normalized spacial score (nSPS) is 11.1. The third kappa shape index (κ3) is 7.81. The summed E-state index contributed by atoms with van der Waals surface area (Å²) in [6, 6.07) is 11.9. The van der Waals surface area contributed by atoms with E-state index in [1.807, 2.05) is 13.0 Å². The minimum Gasteiger partial charge on any atom is -0.493 e. The lowest BCUT2D eigenvalue weighted by atomic mass is 10.1. The highest BCUT2D eigenvalue weighted by molar-refractivity contribution is 9.10. The number of ether oxygens (including phenoxy) is 3. The Morgan fingerprint density at radius 3 is 2.45 bits per heavy atom. The number of rotatable bonds is 10. The first-order chi connectivity index (χ1) is 15.9. The molecule has 0 heterocycles. The van der Waals surface area contributed by atoms with E-state index in [9.17, 15) is 14.9 Å². The quantitative estimate of drug-likeness (QED) is 0.160. The highest BCUT2D eigenvalue weighted by Gasteiger charge is 2.10. The van der Waals surface area contributed by atoms with Gasteiger partial charge >= 0.3 is 5.97 Å². The maximum Gasteiger partial charge on any atom is 0.336 e. The number of hydrogen-bond acceptors (Lipinski definition) is 6. The van der Waals surface area contributed by atoms with Crippen molar-refractivity contribution in [1.82, 2.24) is 5.32 Å². The molecule has 2 aromatic rings. The van der Waals surface area contributed by atoms with Crippen molar-refractivity contribution >= 4 is 40.0 Å². The second-order valence-electron chi connectivity index (χ2n) is 6.84.